The molecule has 5 aromatic rings. The fourth-order valence-electron chi connectivity index (χ4n) is 4.16. The van der Waals surface area contributed by atoms with Crippen molar-refractivity contribution in [3.63, 3.8) is 0 Å². The van der Waals surface area contributed by atoms with Crippen molar-refractivity contribution in [2.75, 3.05) is 18.5 Å². The Kier molecular flexibility index (Phi) is 7.44. The number of aliphatic hydroxyl groups is 1. The summed E-state index contributed by atoms with van der Waals surface area (Å²) in [6.07, 6.45) is -2.48. The molecule has 3 N–H and O–H groups in total. The molecule has 208 valence electrons. The molecule has 3 aromatic carbocycles. The molecular weight excluding hydrogens is 544 g/mol. The Morgan fingerprint density at radius 2 is 1.66 bits per heavy atom. The molecule has 0 spiro atoms. The molecular formula is C28H20F4N6O3. The summed E-state index contributed by atoms with van der Waals surface area (Å²) in [5, 5.41) is 19.0. The van der Waals surface area contributed by atoms with Gasteiger partial charge in [0.1, 0.15) is 11.6 Å². The van der Waals surface area contributed by atoms with E-state index in [1.807, 2.05) is 0 Å². The number of carbonyl (C=O) groups is 2. The van der Waals surface area contributed by atoms with Gasteiger partial charge in [-0.3, -0.25) is 9.59 Å². The fourth-order valence-corrected chi connectivity index (χ4v) is 4.16. The highest BCUT2D eigenvalue weighted by Crippen LogP contribution is 2.38. The van der Waals surface area contributed by atoms with Crippen LogP contribution >= 0.6 is 0 Å². The first-order valence-electron chi connectivity index (χ1n) is 12.1. The van der Waals surface area contributed by atoms with Crippen LogP contribution in [0.4, 0.5) is 23.4 Å². The summed E-state index contributed by atoms with van der Waals surface area (Å²) in [4.78, 5) is 33.5. The second-order valence-corrected chi connectivity index (χ2v) is 8.71. The van der Waals surface area contributed by atoms with Crippen LogP contribution in [0.5, 0.6) is 0 Å². The van der Waals surface area contributed by atoms with Gasteiger partial charge in [0.05, 0.1) is 28.9 Å². The number of benzene rings is 3. The molecule has 2 amide bonds. The number of aromatic nitrogens is 4. The van der Waals surface area contributed by atoms with E-state index in [1.165, 1.54) is 41.3 Å². The number of hydrogen-bond acceptors (Lipinski definition) is 6. The number of nitrogens with one attached hydrogen (secondary N) is 2. The smallest absolute Gasteiger partial charge is 0.395 e. The minimum Gasteiger partial charge on any atom is -0.395 e. The molecule has 0 aliphatic carbocycles. The number of anilines is 1. The third-order valence-corrected chi connectivity index (χ3v) is 6.03. The summed E-state index contributed by atoms with van der Waals surface area (Å²) >= 11 is 0. The largest absolute Gasteiger partial charge is 0.417 e. The van der Waals surface area contributed by atoms with Gasteiger partial charge in [-0.05, 0) is 48.5 Å². The zero-order chi connectivity index (χ0) is 29.1. The number of nitrogens with zero attached hydrogens (tertiary/aromatic N) is 4. The number of fused-ring (bicyclic) bond motifs is 1. The van der Waals surface area contributed by atoms with Crippen molar-refractivity contribution >= 4 is 28.5 Å². The van der Waals surface area contributed by atoms with Crippen LogP contribution in [0.3, 0.4) is 0 Å². The molecule has 0 aliphatic heterocycles. The maximum absolute atomic E-state index is 15.0. The second-order valence-electron chi connectivity index (χ2n) is 8.71. The molecule has 0 radical (unpaired) electrons. The van der Waals surface area contributed by atoms with Crippen LogP contribution in [-0.2, 0) is 6.18 Å². The standard InChI is InChI=1S/C28H20F4N6O3/c29-22-15-21(28(30,31)32)19(24-33-9-4-10-34-24)14-20(22)27(41)36-25-18-8-7-16(26(40)35-11-12-39)13-23(18)37-38(25)17-5-2-1-3-6-17/h1-10,13-15,39H,11-12H2,(H,35,40)(H,36,41). The molecule has 0 fully saturated rings. The highest BCUT2D eigenvalue weighted by Gasteiger charge is 2.36. The van der Waals surface area contributed by atoms with E-state index < -0.39 is 40.5 Å². The van der Waals surface area contributed by atoms with E-state index in [9.17, 15) is 22.8 Å². The molecule has 0 aliphatic rings. The minimum atomic E-state index is -4.94. The van der Waals surface area contributed by atoms with Gasteiger partial charge in [0.25, 0.3) is 11.8 Å². The van der Waals surface area contributed by atoms with Gasteiger partial charge in [-0.1, -0.05) is 18.2 Å². The third kappa shape index (κ3) is 5.61. The number of aliphatic hydroxyl groups excluding tert-OH is 1. The van der Waals surface area contributed by atoms with Gasteiger partial charge >= 0.3 is 6.18 Å². The number of hydrogen-bond donors (Lipinski definition) is 3. The number of carbonyl (C=O) groups excluding carboxylic acids is 2. The number of amides is 2. The van der Waals surface area contributed by atoms with Crippen LogP contribution < -0.4 is 10.6 Å². The lowest BCUT2D eigenvalue weighted by atomic mass is 10.0. The highest BCUT2D eigenvalue weighted by atomic mass is 19.4. The number of halogens is 4. The number of rotatable bonds is 7. The predicted molar refractivity (Wildman–Crippen MR) is 141 cm³/mol. The van der Waals surface area contributed by atoms with Gasteiger partial charge < -0.3 is 15.7 Å². The van der Waals surface area contributed by atoms with Gasteiger partial charge in [-0.15, -0.1) is 0 Å². The van der Waals surface area contributed by atoms with E-state index >= 15 is 4.39 Å². The van der Waals surface area contributed by atoms with Crippen LogP contribution in [0, 0.1) is 5.82 Å². The Morgan fingerprint density at radius 3 is 2.34 bits per heavy atom. The first kappa shape index (κ1) is 27.4. The molecule has 0 saturated heterocycles. The molecule has 0 saturated carbocycles. The zero-order valence-corrected chi connectivity index (χ0v) is 21.0. The fraction of sp³-hybridized carbons (Fsp3) is 0.107. The van der Waals surface area contributed by atoms with Crippen molar-refractivity contribution < 1.29 is 32.3 Å². The summed E-state index contributed by atoms with van der Waals surface area (Å²) < 4.78 is 57.7. The van der Waals surface area contributed by atoms with Crippen molar-refractivity contribution in [2.24, 2.45) is 0 Å². The Balaban J connectivity index is 1.60. The van der Waals surface area contributed by atoms with E-state index in [2.05, 4.69) is 25.7 Å². The third-order valence-electron chi connectivity index (χ3n) is 6.03. The summed E-state index contributed by atoms with van der Waals surface area (Å²) in [5.41, 5.74) is -1.52. The molecule has 0 atom stereocenters. The summed E-state index contributed by atoms with van der Waals surface area (Å²) in [7, 11) is 0. The normalized spacial score (nSPS) is 11.4. The lowest BCUT2D eigenvalue weighted by molar-refractivity contribution is -0.137. The Labute approximate surface area is 229 Å². The summed E-state index contributed by atoms with van der Waals surface area (Å²) in [5.74, 6) is -3.14. The van der Waals surface area contributed by atoms with Crippen molar-refractivity contribution in [3.8, 4) is 17.1 Å². The van der Waals surface area contributed by atoms with Crippen LogP contribution in [-0.4, -0.2) is 49.8 Å². The van der Waals surface area contributed by atoms with E-state index in [1.54, 1.807) is 30.3 Å². The van der Waals surface area contributed by atoms with Gasteiger partial charge in [0.15, 0.2) is 5.82 Å². The van der Waals surface area contributed by atoms with E-state index in [-0.39, 0.29) is 36.4 Å². The van der Waals surface area contributed by atoms with Crippen molar-refractivity contribution in [1.82, 2.24) is 25.1 Å². The number of para-hydroxylation sites is 1. The first-order valence-corrected chi connectivity index (χ1v) is 12.1. The molecule has 2 heterocycles. The van der Waals surface area contributed by atoms with Crippen molar-refractivity contribution in [3.05, 3.63) is 102 Å². The SMILES string of the molecule is O=C(NCCO)c1ccc2c(NC(=O)c3cc(-c4ncccn4)c(C(F)(F)F)cc3F)n(-c3ccccc3)nc2c1. The van der Waals surface area contributed by atoms with Gasteiger partial charge in [-0.25, -0.2) is 19.0 Å². The summed E-state index contributed by atoms with van der Waals surface area (Å²) in [6.45, 7) is -0.198. The highest BCUT2D eigenvalue weighted by molar-refractivity contribution is 6.10. The van der Waals surface area contributed by atoms with Crippen LogP contribution in [0.2, 0.25) is 0 Å². The first-order chi connectivity index (χ1) is 19.7. The Morgan fingerprint density at radius 1 is 0.927 bits per heavy atom. The molecule has 41 heavy (non-hydrogen) atoms. The lowest BCUT2D eigenvalue weighted by Gasteiger charge is -2.15. The number of alkyl halides is 3. The van der Waals surface area contributed by atoms with Gasteiger partial charge in [0.2, 0.25) is 0 Å². The average Bonchev–Trinajstić information content (AvgIpc) is 3.33. The maximum atomic E-state index is 15.0. The van der Waals surface area contributed by atoms with Gasteiger partial charge in [-0.2, -0.15) is 18.3 Å². The van der Waals surface area contributed by atoms with Crippen molar-refractivity contribution in [1.29, 1.82) is 0 Å². The van der Waals surface area contributed by atoms with Crippen LogP contribution in [0.25, 0.3) is 28.0 Å². The second kappa shape index (κ2) is 11.1. The van der Waals surface area contributed by atoms with E-state index in [0.717, 1.165) is 6.07 Å². The van der Waals surface area contributed by atoms with Crippen LogP contribution in [0.15, 0.2) is 79.1 Å². The topological polar surface area (TPSA) is 122 Å². The minimum absolute atomic E-state index is 0.0470. The van der Waals surface area contributed by atoms with E-state index in [4.69, 9.17) is 5.11 Å². The van der Waals surface area contributed by atoms with Crippen LogP contribution in [0.1, 0.15) is 26.3 Å². The molecule has 0 bridgehead atoms. The predicted octanol–water partition coefficient (Wildman–Crippen LogP) is 4.61. The lowest BCUT2D eigenvalue weighted by Crippen LogP contribution is -2.26. The summed E-state index contributed by atoms with van der Waals surface area (Å²) in [6, 6.07) is 15.5. The van der Waals surface area contributed by atoms with E-state index in [0.29, 0.717) is 16.6 Å². The molecule has 9 nitrogen and oxygen atoms in total. The monoisotopic (exact) mass is 564 g/mol. The Hall–Kier alpha value is -5.17. The molecule has 0 unspecified atom stereocenters. The molecule has 5 rings (SSSR count). The van der Waals surface area contributed by atoms with Gasteiger partial charge in [0, 0.05) is 35.5 Å². The quantitative estimate of drug-likeness (QED) is 0.248. The average molecular weight is 564 g/mol. The molecule has 13 heteroatoms. The Bertz CT molecular complexity index is 1740. The van der Waals surface area contributed by atoms with Crippen molar-refractivity contribution in [2.45, 2.75) is 6.18 Å². The maximum Gasteiger partial charge on any atom is 0.417 e. The zero-order valence-electron chi connectivity index (χ0n) is 21.0. The molecule has 2 aromatic heterocycles.